The molecule has 26 heavy (non-hydrogen) atoms. The molecule has 0 atom stereocenters. The minimum Gasteiger partial charge on any atom is -0.497 e. The predicted molar refractivity (Wildman–Crippen MR) is 101 cm³/mol. The van der Waals surface area contributed by atoms with Crippen LogP contribution in [0.15, 0.2) is 65.7 Å². The maximum atomic E-state index is 12.4. The van der Waals surface area contributed by atoms with Gasteiger partial charge in [0, 0.05) is 17.0 Å². The first kappa shape index (κ1) is 16.4. The smallest absolute Gasteiger partial charge is 0.232 e. The summed E-state index contributed by atoms with van der Waals surface area (Å²) in [6, 6.07) is 16.9. The van der Waals surface area contributed by atoms with Gasteiger partial charge in [-0.05, 0) is 41.3 Å². The first-order valence-corrected chi connectivity index (χ1v) is 8.98. The van der Waals surface area contributed by atoms with E-state index in [-0.39, 0.29) is 5.78 Å². The Bertz CT molecular complexity index is 956. The molecule has 0 saturated heterocycles. The zero-order valence-corrected chi connectivity index (χ0v) is 14.9. The van der Waals surface area contributed by atoms with Crippen molar-refractivity contribution < 1.29 is 19.0 Å². The summed E-state index contributed by atoms with van der Waals surface area (Å²) < 4.78 is 16.7. The summed E-state index contributed by atoms with van der Waals surface area (Å²) in [7, 11) is 1.64. The van der Waals surface area contributed by atoms with E-state index in [0.717, 1.165) is 16.2 Å². The molecule has 4 rings (SSSR count). The number of fused-ring (bicyclic) bond motifs is 1. The topological polar surface area (TPSA) is 44.8 Å². The lowest BCUT2D eigenvalue weighted by Gasteiger charge is -2.08. The fraction of sp³-hybridized carbons (Fsp3) is 0.0952. The molecule has 1 aliphatic heterocycles. The third-order valence-electron chi connectivity index (χ3n) is 4.02. The van der Waals surface area contributed by atoms with Gasteiger partial charge in [0.05, 0.1) is 12.7 Å². The number of Topliss-reactive ketones (excluding diaryl/α,β-unsaturated/α-hetero) is 1. The molecule has 130 valence electrons. The van der Waals surface area contributed by atoms with Crippen LogP contribution in [0.25, 0.3) is 6.08 Å². The van der Waals surface area contributed by atoms with E-state index in [9.17, 15) is 4.79 Å². The van der Waals surface area contributed by atoms with Gasteiger partial charge in [-0.25, -0.2) is 0 Å². The first-order valence-electron chi connectivity index (χ1n) is 8.10. The zero-order valence-electron chi connectivity index (χ0n) is 14.1. The molecular weight excluding hydrogens is 348 g/mol. The summed E-state index contributed by atoms with van der Waals surface area (Å²) in [5.41, 5.74) is 1.59. The molecule has 0 spiro atoms. The number of methoxy groups -OCH3 is 1. The first-order chi connectivity index (χ1) is 12.7. The number of carbonyl (C=O) groups excluding carboxylic acids is 1. The average Bonchev–Trinajstić information content (AvgIpc) is 3.29. The molecule has 0 unspecified atom stereocenters. The summed E-state index contributed by atoms with van der Waals surface area (Å²) in [6.07, 6.45) is 1.77. The average molecular weight is 364 g/mol. The quantitative estimate of drug-likeness (QED) is 0.601. The summed E-state index contributed by atoms with van der Waals surface area (Å²) >= 11 is 1.56. The van der Waals surface area contributed by atoms with Gasteiger partial charge in [-0.2, -0.15) is 0 Å². The molecule has 0 radical (unpaired) electrons. The number of ether oxygens (including phenoxy) is 3. The standard InChI is InChI=1S/C21H16O4S/c1-23-15-6-4-14(5-7-15)13-24-16-8-9-18-19(11-16)25-20(21(18)22)12-17-3-2-10-26-17/h2-12H,13H2,1H3. The molecule has 2 aromatic carbocycles. The number of thiophene rings is 1. The van der Waals surface area contributed by atoms with E-state index in [4.69, 9.17) is 14.2 Å². The van der Waals surface area contributed by atoms with E-state index in [2.05, 4.69) is 0 Å². The largest absolute Gasteiger partial charge is 0.497 e. The summed E-state index contributed by atoms with van der Waals surface area (Å²) in [6.45, 7) is 0.425. The number of carbonyl (C=O) groups is 1. The molecule has 0 bridgehead atoms. The van der Waals surface area contributed by atoms with Crippen LogP contribution < -0.4 is 14.2 Å². The van der Waals surface area contributed by atoms with E-state index in [1.54, 1.807) is 42.7 Å². The van der Waals surface area contributed by atoms with Crippen molar-refractivity contribution in [3.05, 3.63) is 81.7 Å². The third kappa shape index (κ3) is 3.34. The van der Waals surface area contributed by atoms with Crippen LogP contribution in [-0.2, 0) is 6.61 Å². The second-order valence-corrected chi connectivity index (χ2v) is 6.73. The predicted octanol–water partition coefficient (Wildman–Crippen LogP) is 4.95. The molecule has 4 nitrogen and oxygen atoms in total. The molecular formula is C21H16O4S. The van der Waals surface area contributed by atoms with Crippen molar-refractivity contribution in [2.45, 2.75) is 6.61 Å². The van der Waals surface area contributed by atoms with Gasteiger partial charge >= 0.3 is 0 Å². The minimum absolute atomic E-state index is 0.102. The lowest BCUT2D eigenvalue weighted by Crippen LogP contribution is -1.97. The zero-order chi connectivity index (χ0) is 17.9. The Morgan fingerprint density at radius 3 is 2.62 bits per heavy atom. The van der Waals surface area contributed by atoms with Gasteiger partial charge in [-0.15, -0.1) is 11.3 Å². The lowest BCUT2D eigenvalue weighted by atomic mass is 10.1. The molecule has 1 aromatic heterocycles. The second-order valence-electron chi connectivity index (χ2n) is 5.75. The molecule has 0 N–H and O–H groups in total. The van der Waals surface area contributed by atoms with Crippen molar-refractivity contribution in [3.63, 3.8) is 0 Å². The van der Waals surface area contributed by atoms with E-state index >= 15 is 0 Å². The summed E-state index contributed by atoms with van der Waals surface area (Å²) in [4.78, 5) is 13.4. The van der Waals surface area contributed by atoms with Gasteiger partial charge < -0.3 is 14.2 Å². The summed E-state index contributed by atoms with van der Waals surface area (Å²) in [5, 5.41) is 1.96. The molecule has 1 aliphatic rings. The van der Waals surface area contributed by atoms with Gasteiger partial charge in [-0.3, -0.25) is 4.79 Å². The van der Waals surface area contributed by atoms with Crippen molar-refractivity contribution in [2.75, 3.05) is 7.11 Å². The highest BCUT2D eigenvalue weighted by Gasteiger charge is 2.27. The number of ketones is 1. The maximum Gasteiger partial charge on any atom is 0.232 e. The minimum atomic E-state index is -0.102. The Balaban J connectivity index is 1.47. The molecule has 0 aliphatic carbocycles. The highest BCUT2D eigenvalue weighted by atomic mass is 32.1. The van der Waals surface area contributed by atoms with Gasteiger partial charge in [0.1, 0.15) is 23.9 Å². The van der Waals surface area contributed by atoms with Crippen molar-refractivity contribution in [2.24, 2.45) is 0 Å². The van der Waals surface area contributed by atoms with Gasteiger partial charge in [0.2, 0.25) is 5.78 Å². The van der Waals surface area contributed by atoms with Crippen LogP contribution in [0.3, 0.4) is 0 Å². The van der Waals surface area contributed by atoms with Crippen LogP contribution in [0.5, 0.6) is 17.2 Å². The van der Waals surface area contributed by atoms with Crippen LogP contribution in [-0.4, -0.2) is 12.9 Å². The molecule has 2 heterocycles. The van der Waals surface area contributed by atoms with Crippen LogP contribution in [0.2, 0.25) is 0 Å². The Hall–Kier alpha value is -3.05. The fourth-order valence-electron chi connectivity index (χ4n) is 2.65. The molecule has 0 saturated carbocycles. The number of allylic oxidation sites excluding steroid dienone is 1. The normalized spacial score (nSPS) is 14.2. The molecule has 0 fully saturated rings. The van der Waals surface area contributed by atoms with Crippen molar-refractivity contribution in [3.8, 4) is 17.2 Å². The summed E-state index contributed by atoms with van der Waals surface area (Å²) in [5.74, 6) is 2.24. The SMILES string of the molecule is COc1ccc(COc2ccc3c(c2)OC(=Cc2cccs2)C3=O)cc1. The maximum absolute atomic E-state index is 12.4. The van der Waals surface area contributed by atoms with Crippen molar-refractivity contribution in [1.29, 1.82) is 0 Å². The Morgan fingerprint density at radius 2 is 1.88 bits per heavy atom. The number of benzene rings is 2. The Kier molecular flexibility index (Phi) is 4.46. The van der Waals surface area contributed by atoms with Gasteiger partial charge in [-0.1, -0.05) is 18.2 Å². The van der Waals surface area contributed by atoms with E-state index < -0.39 is 0 Å². The molecule has 0 amide bonds. The van der Waals surface area contributed by atoms with E-state index in [1.165, 1.54) is 0 Å². The lowest BCUT2D eigenvalue weighted by molar-refractivity contribution is 0.101. The number of rotatable bonds is 5. The number of hydrogen-bond donors (Lipinski definition) is 0. The fourth-order valence-corrected chi connectivity index (χ4v) is 3.29. The van der Waals surface area contributed by atoms with Crippen molar-refractivity contribution in [1.82, 2.24) is 0 Å². The monoisotopic (exact) mass is 364 g/mol. The van der Waals surface area contributed by atoms with E-state index in [0.29, 0.717) is 29.4 Å². The highest BCUT2D eigenvalue weighted by Crippen LogP contribution is 2.35. The Labute approximate surface area is 155 Å². The Morgan fingerprint density at radius 1 is 1.08 bits per heavy atom. The van der Waals surface area contributed by atoms with Gasteiger partial charge in [0.15, 0.2) is 5.76 Å². The van der Waals surface area contributed by atoms with Crippen LogP contribution in [0.4, 0.5) is 0 Å². The molecule has 5 heteroatoms. The van der Waals surface area contributed by atoms with Crippen LogP contribution in [0.1, 0.15) is 20.8 Å². The van der Waals surface area contributed by atoms with Crippen LogP contribution >= 0.6 is 11.3 Å². The molecule has 3 aromatic rings. The number of hydrogen-bond acceptors (Lipinski definition) is 5. The highest BCUT2D eigenvalue weighted by molar-refractivity contribution is 7.10. The van der Waals surface area contributed by atoms with Crippen LogP contribution in [0, 0.1) is 0 Å². The second kappa shape index (κ2) is 7.06. The van der Waals surface area contributed by atoms with E-state index in [1.807, 2.05) is 41.8 Å². The third-order valence-corrected chi connectivity index (χ3v) is 4.84. The van der Waals surface area contributed by atoms with Gasteiger partial charge in [0.25, 0.3) is 0 Å². The van der Waals surface area contributed by atoms with Crippen molar-refractivity contribution >= 4 is 23.2 Å².